The molecule has 2 N–H and O–H groups in total. The number of aliphatic hydroxyl groups is 1. The van der Waals surface area contributed by atoms with E-state index in [0.717, 1.165) is 4.90 Å². The molecule has 1 amide bonds. The van der Waals surface area contributed by atoms with E-state index in [1.165, 1.54) is 24.3 Å². The lowest BCUT2D eigenvalue weighted by Crippen LogP contribution is -2.42. The van der Waals surface area contributed by atoms with Crippen molar-refractivity contribution in [2.75, 3.05) is 13.2 Å². The minimum Gasteiger partial charge on any atom is -0.484 e. The molecule has 1 aliphatic rings. The predicted octanol–water partition coefficient (Wildman–Crippen LogP) is 0.251. The molecule has 2 atom stereocenters. The molecule has 1 saturated heterocycles. The molecule has 1 aromatic carbocycles. The topological polar surface area (TPSA) is 87.1 Å². The van der Waals surface area contributed by atoms with Gasteiger partial charge in [-0.25, -0.2) is 9.18 Å². The van der Waals surface area contributed by atoms with Crippen molar-refractivity contribution in [3.63, 3.8) is 0 Å². The number of carboxylic acids is 1. The van der Waals surface area contributed by atoms with Gasteiger partial charge in [0.05, 0.1) is 6.10 Å². The summed E-state index contributed by atoms with van der Waals surface area (Å²) in [6, 6.07) is 4.10. The fraction of sp³-hybridized carbons (Fsp3) is 0.385. The van der Waals surface area contributed by atoms with Crippen LogP contribution < -0.4 is 4.74 Å². The molecule has 0 saturated carbocycles. The van der Waals surface area contributed by atoms with Crippen molar-refractivity contribution >= 4 is 11.9 Å². The molecule has 1 aromatic rings. The van der Waals surface area contributed by atoms with E-state index in [0.29, 0.717) is 5.75 Å². The zero-order valence-electron chi connectivity index (χ0n) is 10.5. The van der Waals surface area contributed by atoms with Gasteiger partial charge in [0.25, 0.3) is 5.91 Å². The highest BCUT2D eigenvalue weighted by Crippen LogP contribution is 2.19. The number of amides is 1. The Kier molecular flexibility index (Phi) is 4.19. The van der Waals surface area contributed by atoms with Crippen molar-refractivity contribution in [1.82, 2.24) is 4.90 Å². The molecule has 20 heavy (non-hydrogen) atoms. The van der Waals surface area contributed by atoms with Crippen LogP contribution in [-0.4, -0.2) is 52.3 Å². The van der Waals surface area contributed by atoms with E-state index in [4.69, 9.17) is 9.84 Å². The summed E-state index contributed by atoms with van der Waals surface area (Å²) >= 11 is 0. The fourth-order valence-electron chi connectivity index (χ4n) is 2.08. The molecule has 2 unspecified atom stereocenters. The third-order valence-corrected chi connectivity index (χ3v) is 3.06. The minimum atomic E-state index is -1.16. The number of carboxylic acid groups (broad SMARTS) is 1. The normalized spacial score (nSPS) is 21.8. The van der Waals surface area contributed by atoms with Crippen LogP contribution in [0.4, 0.5) is 4.39 Å². The Morgan fingerprint density at radius 1 is 1.35 bits per heavy atom. The summed E-state index contributed by atoms with van der Waals surface area (Å²) in [6.45, 7) is -0.384. The standard InChI is InChI=1S/C13H14FNO5/c14-8-1-3-10(4-2-8)20-7-12(17)15-6-9(16)5-11(15)13(18)19/h1-4,9,11,16H,5-7H2,(H,18,19). The van der Waals surface area contributed by atoms with Crippen LogP contribution in [0.5, 0.6) is 5.75 Å². The number of hydrogen-bond donors (Lipinski definition) is 2. The number of carbonyl (C=O) groups is 2. The van der Waals surface area contributed by atoms with Gasteiger partial charge in [-0.1, -0.05) is 0 Å². The smallest absolute Gasteiger partial charge is 0.326 e. The molecule has 7 heteroatoms. The number of nitrogens with zero attached hydrogens (tertiary/aromatic N) is 1. The van der Waals surface area contributed by atoms with E-state index < -0.39 is 29.8 Å². The van der Waals surface area contributed by atoms with Gasteiger partial charge in [0, 0.05) is 13.0 Å². The molecule has 0 spiro atoms. The van der Waals surface area contributed by atoms with Crippen molar-refractivity contribution in [3.05, 3.63) is 30.1 Å². The number of aliphatic hydroxyl groups excluding tert-OH is 1. The number of benzene rings is 1. The van der Waals surface area contributed by atoms with Gasteiger partial charge in [0.15, 0.2) is 6.61 Å². The van der Waals surface area contributed by atoms with Crippen molar-refractivity contribution in [1.29, 1.82) is 0 Å². The monoisotopic (exact) mass is 283 g/mol. The van der Waals surface area contributed by atoms with Crippen LogP contribution in [0.3, 0.4) is 0 Å². The fourth-order valence-corrected chi connectivity index (χ4v) is 2.08. The Balaban J connectivity index is 1.94. The Morgan fingerprint density at radius 3 is 2.60 bits per heavy atom. The van der Waals surface area contributed by atoms with Crippen molar-refractivity contribution in [2.24, 2.45) is 0 Å². The maximum atomic E-state index is 12.7. The van der Waals surface area contributed by atoms with Crippen LogP contribution in [0.2, 0.25) is 0 Å². The zero-order chi connectivity index (χ0) is 14.7. The second-order valence-corrected chi connectivity index (χ2v) is 4.53. The van der Waals surface area contributed by atoms with Crippen LogP contribution in [0.1, 0.15) is 6.42 Å². The van der Waals surface area contributed by atoms with Gasteiger partial charge in [0.2, 0.25) is 0 Å². The second kappa shape index (κ2) is 5.87. The summed E-state index contributed by atoms with van der Waals surface area (Å²) in [5, 5.41) is 18.4. The van der Waals surface area contributed by atoms with Gasteiger partial charge in [-0.2, -0.15) is 0 Å². The average molecular weight is 283 g/mol. The summed E-state index contributed by atoms with van der Waals surface area (Å²) in [5.74, 6) is -1.79. The number of likely N-dealkylation sites (tertiary alicyclic amines) is 1. The van der Waals surface area contributed by atoms with Gasteiger partial charge in [-0.3, -0.25) is 4.79 Å². The lowest BCUT2D eigenvalue weighted by atomic mass is 10.2. The molecule has 108 valence electrons. The molecule has 0 radical (unpaired) electrons. The number of β-amino-alcohol motifs (C(OH)–C–C–N with tert-alkyl or cyclic N) is 1. The van der Waals surface area contributed by atoms with Gasteiger partial charge in [0.1, 0.15) is 17.6 Å². The first kappa shape index (κ1) is 14.3. The molecule has 0 aromatic heterocycles. The van der Waals surface area contributed by atoms with Crippen LogP contribution in [-0.2, 0) is 9.59 Å². The van der Waals surface area contributed by atoms with Gasteiger partial charge in [-0.15, -0.1) is 0 Å². The second-order valence-electron chi connectivity index (χ2n) is 4.53. The maximum Gasteiger partial charge on any atom is 0.326 e. The number of ether oxygens (including phenoxy) is 1. The number of hydrogen-bond acceptors (Lipinski definition) is 4. The van der Waals surface area contributed by atoms with Gasteiger partial charge >= 0.3 is 5.97 Å². The Bertz CT molecular complexity index is 504. The highest BCUT2D eigenvalue weighted by molar-refractivity contribution is 5.85. The third-order valence-electron chi connectivity index (χ3n) is 3.06. The molecular weight excluding hydrogens is 269 g/mol. The van der Waals surface area contributed by atoms with Crippen LogP contribution in [0.15, 0.2) is 24.3 Å². The summed E-state index contributed by atoms with van der Waals surface area (Å²) in [4.78, 5) is 24.0. The van der Waals surface area contributed by atoms with Crippen LogP contribution in [0, 0.1) is 5.82 Å². The first-order valence-corrected chi connectivity index (χ1v) is 6.06. The summed E-state index contributed by atoms with van der Waals surface area (Å²) in [6.07, 6.45) is -0.830. The van der Waals surface area contributed by atoms with E-state index in [1.807, 2.05) is 0 Å². The number of carbonyl (C=O) groups excluding carboxylic acids is 1. The number of rotatable bonds is 4. The molecule has 0 bridgehead atoms. The third kappa shape index (κ3) is 3.24. The number of halogens is 1. The Hall–Kier alpha value is -2.15. The number of aliphatic carboxylic acids is 1. The Morgan fingerprint density at radius 2 is 2.00 bits per heavy atom. The van der Waals surface area contributed by atoms with Gasteiger partial charge < -0.3 is 19.8 Å². The largest absolute Gasteiger partial charge is 0.484 e. The van der Waals surface area contributed by atoms with E-state index in [-0.39, 0.29) is 19.6 Å². The summed E-state index contributed by atoms with van der Waals surface area (Å²) in [7, 11) is 0. The van der Waals surface area contributed by atoms with E-state index >= 15 is 0 Å². The average Bonchev–Trinajstić information content (AvgIpc) is 2.80. The van der Waals surface area contributed by atoms with Crippen molar-refractivity contribution in [3.8, 4) is 5.75 Å². The predicted molar refractivity (Wildman–Crippen MR) is 65.7 cm³/mol. The first-order valence-electron chi connectivity index (χ1n) is 6.06. The zero-order valence-corrected chi connectivity index (χ0v) is 10.5. The lowest BCUT2D eigenvalue weighted by Gasteiger charge is -2.21. The summed E-state index contributed by atoms with van der Waals surface area (Å²) < 4.78 is 17.9. The lowest BCUT2D eigenvalue weighted by molar-refractivity contribution is -0.148. The molecular formula is C13H14FNO5. The molecule has 1 fully saturated rings. The molecule has 0 aliphatic carbocycles. The quantitative estimate of drug-likeness (QED) is 0.827. The minimum absolute atomic E-state index is 0.0115. The van der Waals surface area contributed by atoms with Crippen LogP contribution in [0.25, 0.3) is 0 Å². The van der Waals surface area contributed by atoms with E-state index in [1.54, 1.807) is 0 Å². The van der Waals surface area contributed by atoms with Gasteiger partial charge in [-0.05, 0) is 24.3 Å². The molecule has 1 heterocycles. The first-order chi connectivity index (χ1) is 9.47. The highest BCUT2D eigenvalue weighted by Gasteiger charge is 2.38. The summed E-state index contributed by atoms with van der Waals surface area (Å²) in [5.41, 5.74) is 0. The maximum absolute atomic E-state index is 12.7. The SMILES string of the molecule is O=C(O)C1CC(O)CN1C(=O)COc1ccc(F)cc1. The Labute approximate surface area is 114 Å². The molecule has 1 aliphatic heterocycles. The van der Waals surface area contributed by atoms with Crippen LogP contribution >= 0.6 is 0 Å². The van der Waals surface area contributed by atoms with E-state index in [9.17, 15) is 19.1 Å². The van der Waals surface area contributed by atoms with E-state index in [2.05, 4.69) is 0 Å². The molecule has 6 nitrogen and oxygen atoms in total. The van der Waals surface area contributed by atoms with Crippen molar-refractivity contribution in [2.45, 2.75) is 18.6 Å². The molecule has 2 rings (SSSR count). The highest BCUT2D eigenvalue weighted by atomic mass is 19.1. The van der Waals surface area contributed by atoms with Crippen molar-refractivity contribution < 1.29 is 28.9 Å².